The summed E-state index contributed by atoms with van der Waals surface area (Å²) in [5.74, 6) is -0.737. The van der Waals surface area contributed by atoms with E-state index in [0.29, 0.717) is 28.8 Å². The van der Waals surface area contributed by atoms with Crippen molar-refractivity contribution in [2.75, 3.05) is 30.4 Å². The summed E-state index contributed by atoms with van der Waals surface area (Å²) < 4.78 is 0.977. The molecule has 0 aliphatic carbocycles. The number of benzene rings is 2. The monoisotopic (exact) mass is 500 g/mol. The van der Waals surface area contributed by atoms with E-state index in [-0.39, 0.29) is 11.8 Å². The van der Waals surface area contributed by atoms with Gasteiger partial charge in [-0.15, -0.1) is 0 Å². The Morgan fingerprint density at radius 3 is 2.52 bits per heavy atom. The van der Waals surface area contributed by atoms with Gasteiger partial charge in [-0.05, 0) is 78.5 Å². The number of nitrogens with zero attached hydrogens (tertiary/aromatic N) is 2. The lowest BCUT2D eigenvalue weighted by Crippen LogP contribution is -2.44. The highest BCUT2D eigenvalue weighted by atomic mass is 127. The number of hydrogen-bond donors (Lipinski definition) is 2. The van der Waals surface area contributed by atoms with Gasteiger partial charge in [-0.2, -0.15) is 0 Å². The van der Waals surface area contributed by atoms with E-state index in [9.17, 15) is 9.59 Å². The standard InChI is InChI=1S/C22H21IN4O2/c1-26-11-17-9-16(26)12-27(17)15-5-3-14(4-6-15)24-10-20-19-8-13(23)2-7-18(19)21(28)25-22(20)29/h2-8,10,16-17,24H,9,11-12H2,1H3,(H,25,28,29)/b20-10-. The molecule has 7 heteroatoms. The number of fused-ring (bicyclic) bond motifs is 3. The summed E-state index contributed by atoms with van der Waals surface area (Å²) in [7, 11) is 2.21. The summed E-state index contributed by atoms with van der Waals surface area (Å²) in [5.41, 5.74) is 3.78. The van der Waals surface area contributed by atoms with Crippen LogP contribution < -0.4 is 15.5 Å². The zero-order valence-corrected chi connectivity index (χ0v) is 18.1. The number of likely N-dealkylation sites (N-methyl/N-ethyl adjacent to an activating group) is 1. The third kappa shape index (κ3) is 3.32. The topological polar surface area (TPSA) is 64.7 Å². The van der Waals surface area contributed by atoms with Crippen molar-refractivity contribution >= 4 is 51.4 Å². The number of rotatable bonds is 3. The van der Waals surface area contributed by atoms with Crippen LogP contribution in [0.2, 0.25) is 0 Å². The predicted molar refractivity (Wildman–Crippen MR) is 122 cm³/mol. The number of nitrogens with one attached hydrogen (secondary N) is 2. The summed E-state index contributed by atoms with van der Waals surface area (Å²) in [4.78, 5) is 29.4. The van der Waals surface area contributed by atoms with E-state index in [1.165, 1.54) is 12.1 Å². The highest BCUT2D eigenvalue weighted by molar-refractivity contribution is 14.1. The first-order valence-electron chi connectivity index (χ1n) is 9.69. The van der Waals surface area contributed by atoms with Gasteiger partial charge in [-0.1, -0.05) is 0 Å². The molecule has 2 saturated heterocycles. The largest absolute Gasteiger partial charge is 0.366 e. The summed E-state index contributed by atoms with van der Waals surface area (Å²) in [6.07, 6.45) is 2.92. The second-order valence-corrected chi connectivity index (χ2v) is 9.10. The lowest BCUT2D eigenvalue weighted by Gasteiger charge is -2.33. The second-order valence-electron chi connectivity index (χ2n) is 7.86. The van der Waals surface area contributed by atoms with E-state index in [1.807, 2.05) is 24.3 Å². The minimum absolute atomic E-state index is 0.353. The Balaban J connectivity index is 1.35. The van der Waals surface area contributed by atoms with Crippen molar-refractivity contribution in [3.63, 3.8) is 0 Å². The van der Waals surface area contributed by atoms with Crippen molar-refractivity contribution in [1.82, 2.24) is 10.2 Å². The van der Waals surface area contributed by atoms with Crippen molar-refractivity contribution < 1.29 is 9.59 Å². The SMILES string of the molecule is CN1CC2CC1CN2c1ccc(N/C=C2\C(=O)NC(=O)c3ccc(I)cc32)cc1. The summed E-state index contributed by atoms with van der Waals surface area (Å²) in [6.45, 7) is 2.21. The van der Waals surface area contributed by atoms with E-state index in [1.54, 1.807) is 12.3 Å². The molecule has 0 saturated carbocycles. The number of imide groups is 1. The van der Waals surface area contributed by atoms with Gasteiger partial charge < -0.3 is 10.2 Å². The number of carbonyl (C=O) groups excluding carboxylic acids is 2. The smallest absolute Gasteiger partial charge is 0.260 e. The first-order valence-corrected chi connectivity index (χ1v) is 10.8. The maximum Gasteiger partial charge on any atom is 0.260 e. The predicted octanol–water partition coefficient (Wildman–Crippen LogP) is 2.91. The number of amides is 2. The molecule has 2 atom stereocenters. The quantitative estimate of drug-likeness (QED) is 0.386. The third-order valence-electron chi connectivity index (χ3n) is 6.08. The van der Waals surface area contributed by atoms with Crippen LogP contribution in [0.15, 0.2) is 48.7 Å². The second kappa shape index (κ2) is 7.14. The van der Waals surface area contributed by atoms with Crippen molar-refractivity contribution in [2.24, 2.45) is 0 Å². The van der Waals surface area contributed by atoms with Crippen molar-refractivity contribution in [3.8, 4) is 0 Å². The number of piperazine rings is 1. The van der Waals surface area contributed by atoms with Gasteiger partial charge in [-0.3, -0.25) is 19.8 Å². The van der Waals surface area contributed by atoms with Crippen LogP contribution in [-0.4, -0.2) is 48.9 Å². The van der Waals surface area contributed by atoms with Gasteiger partial charge in [0.2, 0.25) is 0 Å². The van der Waals surface area contributed by atoms with E-state index < -0.39 is 0 Å². The Hall–Kier alpha value is -2.39. The maximum absolute atomic E-state index is 12.4. The molecule has 5 rings (SSSR count). The minimum Gasteiger partial charge on any atom is -0.366 e. The molecule has 2 unspecified atom stereocenters. The van der Waals surface area contributed by atoms with Crippen molar-refractivity contribution in [2.45, 2.75) is 18.5 Å². The molecule has 3 aliphatic heterocycles. The van der Waals surface area contributed by atoms with Crippen LogP contribution in [0, 0.1) is 3.57 Å². The first-order chi connectivity index (χ1) is 14.0. The average Bonchev–Trinajstić information content (AvgIpc) is 3.27. The molecule has 0 radical (unpaired) electrons. The molecular formula is C22H21IN4O2. The zero-order chi connectivity index (χ0) is 20.1. The van der Waals surface area contributed by atoms with Gasteiger partial charge in [0.25, 0.3) is 11.8 Å². The third-order valence-corrected chi connectivity index (χ3v) is 6.76. The summed E-state index contributed by atoms with van der Waals surface area (Å²) in [5, 5.41) is 5.62. The molecule has 0 spiro atoms. The highest BCUT2D eigenvalue weighted by Gasteiger charge is 2.41. The molecule has 148 valence electrons. The Kier molecular flexibility index (Phi) is 4.59. The van der Waals surface area contributed by atoms with Crippen molar-refractivity contribution in [1.29, 1.82) is 0 Å². The fourth-order valence-corrected chi connectivity index (χ4v) is 5.02. The number of carbonyl (C=O) groups is 2. The van der Waals surface area contributed by atoms with Gasteiger partial charge in [0.1, 0.15) is 0 Å². The van der Waals surface area contributed by atoms with E-state index in [4.69, 9.17) is 0 Å². The highest BCUT2D eigenvalue weighted by Crippen LogP contribution is 2.34. The van der Waals surface area contributed by atoms with Gasteiger partial charge >= 0.3 is 0 Å². The molecular weight excluding hydrogens is 479 g/mol. The summed E-state index contributed by atoms with van der Waals surface area (Å²) >= 11 is 2.18. The van der Waals surface area contributed by atoms with Crippen LogP contribution in [0.5, 0.6) is 0 Å². The molecule has 2 aromatic carbocycles. The van der Waals surface area contributed by atoms with E-state index in [0.717, 1.165) is 22.3 Å². The number of hydrogen-bond acceptors (Lipinski definition) is 5. The Morgan fingerprint density at radius 1 is 1.03 bits per heavy atom. The lowest BCUT2D eigenvalue weighted by atomic mass is 9.95. The Morgan fingerprint density at radius 2 is 1.83 bits per heavy atom. The molecule has 29 heavy (non-hydrogen) atoms. The van der Waals surface area contributed by atoms with Gasteiger partial charge in [0.05, 0.1) is 5.57 Å². The maximum atomic E-state index is 12.4. The number of anilines is 2. The molecule has 2 aromatic rings. The summed E-state index contributed by atoms with van der Waals surface area (Å²) in [6, 6.07) is 15.1. The van der Waals surface area contributed by atoms with Crippen molar-refractivity contribution in [3.05, 3.63) is 63.4 Å². The van der Waals surface area contributed by atoms with Crippen LogP contribution in [0.1, 0.15) is 22.3 Å². The van der Waals surface area contributed by atoms with Gasteiger partial charge in [0, 0.05) is 57.4 Å². The van der Waals surface area contributed by atoms with E-state index in [2.05, 4.69) is 62.2 Å². The molecule has 2 bridgehead atoms. The Labute approximate surface area is 183 Å². The van der Waals surface area contributed by atoms with Crippen LogP contribution in [0.4, 0.5) is 11.4 Å². The first kappa shape index (κ1) is 18.6. The Bertz CT molecular complexity index is 1030. The number of likely N-dealkylation sites (tertiary alicyclic amines) is 1. The molecule has 6 nitrogen and oxygen atoms in total. The fourth-order valence-electron chi connectivity index (χ4n) is 4.53. The van der Waals surface area contributed by atoms with Crippen LogP contribution in [0.25, 0.3) is 5.57 Å². The zero-order valence-electron chi connectivity index (χ0n) is 16.0. The molecule has 2 fully saturated rings. The molecule has 0 aromatic heterocycles. The van der Waals surface area contributed by atoms with Crippen LogP contribution in [-0.2, 0) is 4.79 Å². The normalized spacial score (nSPS) is 24.8. The van der Waals surface area contributed by atoms with Gasteiger partial charge in [-0.25, -0.2) is 0 Å². The van der Waals surface area contributed by atoms with Crippen LogP contribution >= 0.6 is 22.6 Å². The molecule has 3 aliphatic rings. The minimum atomic E-state index is -0.383. The number of halogens is 1. The van der Waals surface area contributed by atoms with E-state index >= 15 is 0 Å². The molecule has 2 amide bonds. The molecule has 2 N–H and O–H groups in total. The average molecular weight is 500 g/mol. The fraction of sp³-hybridized carbons (Fsp3) is 0.273. The lowest BCUT2D eigenvalue weighted by molar-refractivity contribution is -0.114. The molecule has 3 heterocycles. The van der Waals surface area contributed by atoms with Crippen LogP contribution in [0.3, 0.4) is 0 Å². The van der Waals surface area contributed by atoms with Gasteiger partial charge in [0.15, 0.2) is 0 Å².